The highest BCUT2D eigenvalue weighted by Crippen LogP contribution is 2.31. The molecule has 114 valence electrons. The van der Waals surface area contributed by atoms with Crippen molar-refractivity contribution in [2.45, 2.75) is 10.9 Å². The van der Waals surface area contributed by atoms with E-state index in [0.717, 1.165) is 5.75 Å². The minimum Gasteiger partial charge on any atom is -0.490 e. The molecule has 0 amide bonds. The van der Waals surface area contributed by atoms with Gasteiger partial charge in [0, 0.05) is 5.75 Å². The largest absolute Gasteiger partial charge is 0.490 e. The zero-order valence-electron chi connectivity index (χ0n) is 12.0. The molecule has 3 aromatic rings. The molecule has 22 heavy (non-hydrogen) atoms. The minimum atomic E-state index is 0.193. The second kappa shape index (κ2) is 6.41. The van der Waals surface area contributed by atoms with E-state index >= 15 is 0 Å². The third kappa shape index (κ3) is 2.82. The number of rotatable bonds is 5. The van der Waals surface area contributed by atoms with E-state index in [1.807, 2.05) is 18.2 Å². The summed E-state index contributed by atoms with van der Waals surface area (Å²) in [6, 6.07) is 10.4. The lowest BCUT2D eigenvalue weighted by molar-refractivity contribution is 0.359. The Hall–Kier alpha value is -1.99. The summed E-state index contributed by atoms with van der Waals surface area (Å²) in [4.78, 5) is 8.55. The topological polar surface area (TPSA) is 61.5 Å². The molecule has 0 radical (unpaired) electrons. The highest BCUT2D eigenvalue weighted by atomic mass is 35.5. The predicted octanol–water partition coefficient (Wildman–Crippen LogP) is 3.09. The lowest BCUT2D eigenvalue weighted by Crippen LogP contribution is -2.02. The number of halogens is 1. The van der Waals surface area contributed by atoms with Gasteiger partial charge in [-0.2, -0.15) is 14.5 Å². The number of benzene rings is 1. The molecule has 0 saturated carbocycles. The molecular formula is C14H13ClN4O2S. The van der Waals surface area contributed by atoms with Gasteiger partial charge in [0.1, 0.15) is 0 Å². The van der Waals surface area contributed by atoms with Crippen molar-refractivity contribution in [3.63, 3.8) is 0 Å². The quantitative estimate of drug-likeness (QED) is 0.527. The van der Waals surface area contributed by atoms with Crippen molar-refractivity contribution in [1.82, 2.24) is 19.6 Å². The van der Waals surface area contributed by atoms with E-state index in [9.17, 15) is 0 Å². The molecule has 0 atom stereocenters. The van der Waals surface area contributed by atoms with Crippen molar-refractivity contribution in [1.29, 1.82) is 0 Å². The van der Waals surface area contributed by atoms with Gasteiger partial charge in [-0.15, -0.1) is 5.10 Å². The van der Waals surface area contributed by atoms with Crippen LogP contribution in [0, 0.1) is 0 Å². The van der Waals surface area contributed by atoms with Crippen LogP contribution in [0.25, 0.3) is 5.65 Å². The summed E-state index contributed by atoms with van der Waals surface area (Å²) in [6.45, 7) is 0. The summed E-state index contributed by atoms with van der Waals surface area (Å²) in [5, 5.41) is 5.19. The highest BCUT2D eigenvalue weighted by molar-refractivity contribution is 7.98. The third-order valence-corrected chi connectivity index (χ3v) is 4.12. The maximum atomic E-state index is 6.07. The van der Waals surface area contributed by atoms with Gasteiger partial charge in [-0.05, 0) is 5.56 Å². The Kier molecular flexibility index (Phi) is 4.35. The van der Waals surface area contributed by atoms with Crippen LogP contribution in [0.3, 0.4) is 0 Å². The van der Waals surface area contributed by atoms with Crippen molar-refractivity contribution in [2.75, 3.05) is 14.2 Å². The molecule has 1 aromatic carbocycles. The summed E-state index contributed by atoms with van der Waals surface area (Å²) in [6.07, 6.45) is 0. The predicted molar refractivity (Wildman–Crippen MR) is 84.9 cm³/mol. The number of methoxy groups -OCH3 is 2. The minimum absolute atomic E-state index is 0.193. The smallest absolute Gasteiger partial charge is 0.321 e. The zero-order chi connectivity index (χ0) is 15.5. The number of ether oxygens (including phenoxy) is 2. The molecule has 0 spiro atoms. The molecule has 0 bridgehead atoms. The number of hydrogen-bond acceptors (Lipinski definition) is 6. The number of aromatic nitrogens is 4. The van der Waals surface area contributed by atoms with E-state index in [4.69, 9.17) is 21.1 Å². The zero-order valence-corrected chi connectivity index (χ0v) is 13.6. The van der Waals surface area contributed by atoms with Crippen molar-refractivity contribution in [3.8, 4) is 11.8 Å². The Morgan fingerprint density at radius 3 is 2.59 bits per heavy atom. The molecule has 2 aromatic heterocycles. The van der Waals surface area contributed by atoms with Gasteiger partial charge in [0.25, 0.3) is 0 Å². The Morgan fingerprint density at radius 2 is 1.91 bits per heavy atom. The van der Waals surface area contributed by atoms with E-state index in [1.165, 1.54) is 36.1 Å². The molecule has 0 aliphatic rings. The lowest BCUT2D eigenvalue weighted by atomic mass is 10.2. The van der Waals surface area contributed by atoms with Gasteiger partial charge >= 0.3 is 6.01 Å². The summed E-state index contributed by atoms with van der Waals surface area (Å²) >= 11 is 7.58. The molecule has 6 nitrogen and oxygen atoms in total. The van der Waals surface area contributed by atoms with Crippen LogP contribution in [0.4, 0.5) is 0 Å². The molecule has 0 fully saturated rings. The Balaban J connectivity index is 1.95. The molecule has 3 rings (SSSR count). The van der Waals surface area contributed by atoms with Gasteiger partial charge in [0.2, 0.25) is 16.6 Å². The van der Waals surface area contributed by atoms with Crippen LogP contribution in [0.2, 0.25) is 5.15 Å². The van der Waals surface area contributed by atoms with Crippen LogP contribution in [0.15, 0.2) is 35.5 Å². The van der Waals surface area contributed by atoms with Gasteiger partial charge in [0.15, 0.2) is 5.15 Å². The molecular weight excluding hydrogens is 324 g/mol. The maximum absolute atomic E-state index is 6.07. The van der Waals surface area contributed by atoms with Crippen LogP contribution in [0.5, 0.6) is 11.8 Å². The molecule has 0 N–H and O–H groups in total. The lowest BCUT2D eigenvalue weighted by Gasteiger charge is -2.06. The monoisotopic (exact) mass is 336 g/mol. The SMILES string of the molecule is COc1c(Cl)nc(OC)n2nc(SCc3ccccc3)nc12. The van der Waals surface area contributed by atoms with Crippen LogP contribution in [-0.4, -0.2) is 33.8 Å². The second-order valence-electron chi connectivity index (χ2n) is 4.33. The second-order valence-corrected chi connectivity index (χ2v) is 5.63. The first-order valence-corrected chi connectivity index (χ1v) is 7.80. The fourth-order valence-corrected chi connectivity index (χ4v) is 2.95. The van der Waals surface area contributed by atoms with E-state index in [2.05, 4.69) is 27.2 Å². The van der Waals surface area contributed by atoms with Crippen molar-refractivity contribution >= 4 is 29.0 Å². The fourth-order valence-electron chi connectivity index (χ4n) is 1.94. The van der Waals surface area contributed by atoms with Gasteiger partial charge in [-0.1, -0.05) is 53.7 Å². The summed E-state index contributed by atoms with van der Waals surface area (Å²) < 4.78 is 11.9. The van der Waals surface area contributed by atoms with Crippen LogP contribution in [0.1, 0.15) is 5.56 Å². The van der Waals surface area contributed by atoms with E-state index < -0.39 is 0 Å². The van der Waals surface area contributed by atoms with E-state index in [1.54, 1.807) is 0 Å². The number of thioether (sulfide) groups is 1. The first-order valence-electron chi connectivity index (χ1n) is 6.44. The normalized spacial score (nSPS) is 10.9. The number of fused-ring (bicyclic) bond motifs is 1. The first kappa shape index (κ1) is 14.9. The van der Waals surface area contributed by atoms with Crippen LogP contribution < -0.4 is 9.47 Å². The summed E-state index contributed by atoms with van der Waals surface area (Å²) in [7, 11) is 3.02. The molecule has 8 heteroatoms. The maximum Gasteiger partial charge on any atom is 0.321 e. The Labute approximate surface area is 136 Å². The number of nitrogens with zero attached hydrogens (tertiary/aromatic N) is 4. The van der Waals surface area contributed by atoms with Gasteiger partial charge in [-0.25, -0.2) is 0 Å². The van der Waals surface area contributed by atoms with Crippen molar-refractivity contribution in [3.05, 3.63) is 41.0 Å². The van der Waals surface area contributed by atoms with E-state index in [-0.39, 0.29) is 11.2 Å². The van der Waals surface area contributed by atoms with Gasteiger partial charge in [0.05, 0.1) is 14.2 Å². The number of hydrogen-bond donors (Lipinski definition) is 0. The highest BCUT2D eigenvalue weighted by Gasteiger charge is 2.18. The molecule has 2 heterocycles. The molecule has 0 unspecified atom stereocenters. The van der Waals surface area contributed by atoms with Crippen LogP contribution in [-0.2, 0) is 5.75 Å². The summed E-state index contributed by atoms with van der Waals surface area (Å²) in [5.74, 6) is 1.14. The molecule has 0 aliphatic carbocycles. The van der Waals surface area contributed by atoms with Crippen LogP contribution >= 0.6 is 23.4 Å². The van der Waals surface area contributed by atoms with Gasteiger partial charge < -0.3 is 9.47 Å². The first-order chi connectivity index (χ1) is 10.7. The van der Waals surface area contributed by atoms with E-state index in [0.29, 0.717) is 16.6 Å². The van der Waals surface area contributed by atoms with Crippen molar-refractivity contribution in [2.24, 2.45) is 0 Å². The Bertz CT molecular complexity index is 794. The van der Waals surface area contributed by atoms with Gasteiger partial charge in [-0.3, -0.25) is 0 Å². The van der Waals surface area contributed by atoms with Crippen molar-refractivity contribution < 1.29 is 9.47 Å². The molecule has 0 aliphatic heterocycles. The average molecular weight is 337 g/mol. The third-order valence-electron chi connectivity index (χ3n) is 2.95. The molecule has 0 saturated heterocycles. The fraction of sp³-hybridized carbons (Fsp3) is 0.214. The standard InChI is InChI=1S/C14H13ClN4O2S/c1-20-10-11(15)16-14(21-2)19-12(10)17-13(18-19)22-8-9-6-4-3-5-7-9/h3-7H,8H2,1-2H3. The summed E-state index contributed by atoms with van der Waals surface area (Å²) in [5.41, 5.74) is 1.68. The Morgan fingerprint density at radius 1 is 1.14 bits per heavy atom. The average Bonchev–Trinajstić information content (AvgIpc) is 2.97.